The number of Topliss-reactive ketones (excluding diaryl/α,β-unsaturated/α-hetero) is 1. The maximum absolute atomic E-state index is 14.7. The summed E-state index contributed by atoms with van der Waals surface area (Å²) in [5.74, 6) is -0.447. The molecule has 0 amide bonds. The van der Waals surface area contributed by atoms with E-state index in [-0.39, 0.29) is 30.1 Å². The molecule has 1 aliphatic carbocycles. The molecule has 1 aromatic heterocycles. The van der Waals surface area contributed by atoms with Gasteiger partial charge in [0.2, 0.25) is 10.0 Å². The van der Waals surface area contributed by atoms with Crippen LogP contribution in [0, 0.1) is 5.82 Å². The number of halogens is 5. The molecule has 0 radical (unpaired) electrons. The number of sulfonamides is 1. The molecule has 1 aliphatic heterocycles. The lowest BCUT2D eigenvalue weighted by atomic mass is 10.0. The van der Waals surface area contributed by atoms with Gasteiger partial charge < -0.3 is 0 Å². The Bertz CT molecular complexity index is 1510. The Morgan fingerprint density at radius 3 is 2.27 bits per heavy atom. The zero-order chi connectivity index (χ0) is 28.8. The van der Waals surface area contributed by atoms with E-state index in [1.165, 1.54) is 19.1 Å². The molecule has 12 heteroatoms. The number of nitrogens with zero attached hydrogens (tertiary/aromatic N) is 3. The minimum Gasteiger partial charge on any atom is -0.298 e. The summed E-state index contributed by atoms with van der Waals surface area (Å²) in [4.78, 5) is 22.1. The number of hydrogen-bond donors (Lipinski definition) is 0. The van der Waals surface area contributed by atoms with Crippen LogP contribution in [0.3, 0.4) is 0 Å². The Labute approximate surface area is 228 Å². The molecule has 212 valence electrons. The second-order valence-corrected chi connectivity index (χ2v) is 12.1. The van der Waals surface area contributed by atoms with Crippen LogP contribution >= 0.6 is 0 Å². The minimum absolute atomic E-state index is 0.112. The van der Waals surface area contributed by atoms with Crippen LogP contribution < -0.4 is 0 Å². The standard InChI is InChI=1S/C28H26F5N3O3S/c1-16-23(30)15-25(36(16)40(38,39)22-11-8-20(29)9-12-22)26(37)13-10-21-14-24(35-27(34-21)18-2-3-18)17-4-6-19(7-5-17)28(31,32)33/h4-9,11-12,14,16,18,23,25H,2-3,10,13,15H2,1H3/t16-,23+,25-/m0/s1. The van der Waals surface area contributed by atoms with Crippen molar-refractivity contribution in [1.29, 1.82) is 0 Å². The lowest BCUT2D eigenvalue weighted by Crippen LogP contribution is -2.44. The van der Waals surface area contributed by atoms with Crippen LogP contribution in [0.2, 0.25) is 0 Å². The van der Waals surface area contributed by atoms with Crippen molar-refractivity contribution in [2.45, 2.75) is 74.3 Å². The van der Waals surface area contributed by atoms with Gasteiger partial charge in [-0.1, -0.05) is 12.1 Å². The van der Waals surface area contributed by atoms with Crippen molar-refractivity contribution in [3.8, 4) is 11.3 Å². The third-order valence-corrected chi connectivity index (χ3v) is 9.33. The summed E-state index contributed by atoms with van der Waals surface area (Å²) in [5, 5.41) is 0. The van der Waals surface area contributed by atoms with Gasteiger partial charge in [0.15, 0.2) is 5.78 Å². The third kappa shape index (κ3) is 5.78. The second kappa shape index (κ2) is 10.6. The van der Waals surface area contributed by atoms with Crippen molar-refractivity contribution in [2.75, 3.05) is 0 Å². The van der Waals surface area contributed by atoms with E-state index in [1.54, 1.807) is 6.07 Å². The maximum atomic E-state index is 14.7. The smallest absolute Gasteiger partial charge is 0.298 e. The lowest BCUT2D eigenvalue weighted by molar-refractivity contribution is -0.137. The van der Waals surface area contributed by atoms with Crippen LogP contribution in [-0.4, -0.2) is 46.7 Å². The molecule has 1 saturated heterocycles. The van der Waals surface area contributed by atoms with E-state index in [1.807, 2.05) is 0 Å². The minimum atomic E-state index is -4.47. The molecule has 0 bridgehead atoms. The molecule has 6 nitrogen and oxygen atoms in total. The normalized spacial score (nSPS) is 22.0. The fraction of sp³-hybridized carbons (Fsp3) is 0.393. The van der Waals surface area contributed by atoms with E-state index in [4.69, 9.17) is 0 Å². The summed E-state index contributed by atoms with van der Waals surface area (Å²) >= 11 is 0. The first-order chi connectivity index (χ1) is 18.8. The molecule has 0 unspecified atom stereocenters. The predicted molar refractivity (Wildman–Crippen MR) is 136 cm³/mol. The molecular weight excluding hydrogens is 553 g/mol. The van der Waals surface area contributed by atoms with Gasteiger partial charge in [0.25, 0.3) is 0 Å². The van der Waals surface area contributed by atoms with E-state index in [9.17, 15) is 35.2 Å². The second-order valence-electron chi connectivity index (χ2n) is 10.2. The Morgan fingerprint density at radius 2 is 1.68 bits per heavy atom. The summed E-state index contributed by atoms with van der Waals surface area (Å²) in [6, 6.07) is 8.01. The Hall–Kier alpha value is -3.25. The highest BCUT2D eigenvalue weighted by Crippen LogP contribution is 2.39. The highest BCUT2D eigenvalue weighted by Gasteiger charge is 2.48. The monoisotopic (exact) mass is 579 g/mol. The third-order valence-electron chi connectivity index (χ3n) is 7.32. The highest BCUT2D eigenvalue weighted by atomic mass is 32.2. The topological polar surface area (TPSA) is 80.2 Å². The van der Waals surface area contributed by atoms with Crippen LogP contribution in [0.25, 0.3) is 11.3 Å². The number of hydrogen-bond acceptors (Lipinski definition) is 5. The molecule has 2 heterocycles. The first-order valence-corrected chi connectivity index (χ1v) is 14.3. The first kappa shape index (κ1) is 28.3. The van der Waals surface area contributed by atoms with Gasteiger partial charge in [0.05, 0.1) is 28.2 Å². The van der Waals surface area contributed by atoms with Crippen molar-refractivity contribution in [2.24, 2.45) is 0 Å². The molecule has 5 rings (SSSR count). The number of alkyl halides is 4. The van der Waals surface area contributed by atoms with Crippen molar-refractivity contribution in [1.82, 2.24) is 14.3 Å². The number of aromatic nitrogens is 2. The molecule has 2 fully saturated rings. The largest absolute Gasteiger partial charge is 0.416 e. The van der Waals surface area contributed by atoms with Crippen LogP contribution in [0.1, 0.15) is 55.6 Å². The number of carbonyl (C=O) groups is 1. The summed E-state index contributed by atoms with van der Waals surface area (Å²) in [5.41, 5.74) is 0.588. The maximum Gasteiger partial charge on any atom is 0.416 e. The Morgan fingerprint density at radius 1 is 1.02 bits per heavy atom. The molecule has 2 aromatic carbocycles. The number of benzene rings is 2. The molecule has 40 heavy (non-hydrogen) atoms. The Balaban J connectivity index is 1.37. The highest BCUT2D eigenvalue weighted by molar-refractivity contribution is 7.89. The van der Waals surface area contributed by atoms with Gasteiger partial charge >= 0.3 is 6.18 Å². The summed E-state index contributed by atoms with van der Waals surface area (Å²) in [6.07, 6.45) is -4.59. The van der Waals surface area contributed by atoms with E-state index in [2.05, 4.69) is 9.97 Å². The summed E-state index contributed by atoms with van der Waals surface area (Å²) in [6.45, 7) is 1.39. The SMILES string of the molecule is C[C@H]1[C@H](F)C[C@@H](C(=O)CCc2cc(-c3ccc(C(F)(F)F)cc3)nc(C3CC3)n2)N1S(=O)(=O)c1ccc(F)cc1. The van der Waals surface area contributed by atoms with Crippen molar-refractivity contribution in [3.63, 3.8) is 0 Å². The summed E-state index contributed by atoms with van der Waals surface area (Å²) in [7, 11) is -4.28. The van der Waals surface area contributed by atoms with Gasteiger partial charge in [-0.05, 0) is 68.7 Å². The van der Waals surface area contributed by atoms with Gasteiger partial charge in [0.1, 0.15) is 17.8 Å². The van der Waals surface area contributed by atoms with Gasteiger partial charge in [-0.25, -0.2) is 27.2 Å². The van der Waals surface area contributed by atoms with Gasteiger partial charge in [-0.15, -0.1) is 0 Å². The van der Waals surface area contributed by atoms with Crippen molar-refractivity contribution in [3.05, 3.63) is 77.5 Å². The van der Waals surface area contributed by atoms with Gasteiger partial charge in [0, 0.05) is 30.0 Å². The molecule has 3 aromatic rings. The van der Waals surface area contributed by atoms with Gasteiger partial charge in [-0.2, -0.15) is 17.5 Å². The molecule has 0 spiro atoms. The van der Waals surface area contributed by atoms with E-state index < -0.39 is 51.6 Å². The molecule has 1 saturated carbocycles. The fourth-order valence-corrected chi connectivity index (χ4v) is 6.74. The number of ketones is 1. The zero-order valence-electron chi connectivity index (χ0n) is 21.4. The molecule has 2 aliphatic rings. The predicted octanol–water partition coefficient (Wildman–Crippen LogP) is 5.87. The van der Waals surface area contributed by atoms with E-state index >= 15 is 0 Å². The zero-order valence-corrected chi connectivity index (χ0v) is 22.2. The number of aryl methyl sites for hydroxylation is 1. The average Bonchev–Trinajstić information content (AvgIpc) is 3.72. The Kier molecular flexibility index (Phi) is 7.51. The van der Waals surface area contributed by atoms with Crippen molar-refractivity contribution >= 4 is 15.8 Å². The molecule has 0 N–H and O–H groups in total. The van der Waals surface area contributed by atoms with Crippen molar-refractivity contribution < 1.29 is 35.2 Å². The van der Waals surface area contributed by atoms with Crippen LogP contribution in [0.4, 0.5) is 22.0 Å². The summed E-state index contributed by atoms with van der Waals surface area (Å²) < 4.78 is 94.5. The number of carbonyl (C=O) groups excluding carboxylic acids is 1. The van der Waals surface area contributed by atoms with E-state index in [0.717, 1.165) is 53.5 Å². The van der Waals surface area contributed by atoms with E-state index in [0.29, 0.717) is 22.8 Å². The van der Waals surface area contributed by atoms with Gasteiger partial charge in [-0.3, -0.25) is 4.79 Å². The van der Waals surface area contributed by atoms with Crippen LogP contribution in [0.15, 0.2) is 59.5 Å². The fourth-order valence-electron chi connectivity index (χ4n) is 4.91. The molecule has 3 atom stereocenters. The quantitative estimate of drug-likeness (QED) is 0.312. The average molecular weight is 580 g/mol. The number of rotatable bonds is 8. The first-order valence-electron chi connectivity index (χ1n) is 12.9. The lowest BCUT2D eigenvalue weighted by Gasteiger charge is -2.26. The molecular formula is C28H26F5N3O3S. The van der Waals surface area contributed by atoms with Crippen LogP contribution in [-0.2, 0) is 27.4 Å². The van der Waals surface area contributed by atoms with Crippen LogP contribution in [0.5, 0.6) is 0 Å².